The molecule has 0 aromatic carbocycles. The number of ether oxygens (including phenoxy) is 1. The fourth-order valence-electron chi connectivity index (χ4n) is 2.34. The minimum Gasteiger partial charge on any atom is -0.362 e. The lowest BCUT2D eigenvalue weighted by molar-refractivity contribution is -0.123. The summed E-state index contributed by atoms with van der Waals surface area (Å²) < 4.78 is 5.15. The lowest BCUT2D eigenvalue weighted by atomic mass is 9.85. The van der Waals surface area contributed by atoms with Crippen molar-refractivity contribution in [1.82, 2.24) is 0 Å². The van der Waals surface area contributed by atoms with Crippen molar-refractivity contribution >= 4 is 5.78 Å². The van der Waals surface area contributed by atoms with E-state index in [9.17, 15) is 4.79 Å². The highest BCUT2D eigenvalue weighted by atomic mass is 16.6. The number of carbonyl (C=O) groups is 1. The number of rotatable bonds is 4. The molecule has 0 bridgehead atoms. The van der Waals surface area contributed by atoms with Gasteiger partial charge in [-0.1, -0.05) is 46.0 Å². The minimum atomic E-state index is -0.380. The first-order chi connectivity index (χ1) is 7.71. The number of Topliss-reactive ketones (excluding diaryl/α,β-unsaturated/α-hetero) is 1. The number of hydrogen-bond acceptors (Lipinski definition) is 2. The van der Waals surface area contributed by atoms with Gasteiger partial charge in [0, 0.05) is 6.42 Å². The third-order valence-electron chi connectivity index (χ3n) is 3.67. The van der Waals surface area contributed by atoms with E-state index in [-0.39, 0.29) is 5.60 Å². The Bertz CT molecular complexity index is 213. The summed E-state index contributed by atoms with van der Waals surface area (Å²) in [6.45, 7) is 6.56. The van der Waals surface area contributed by atoms with Crippen LogP contribution in [0.2, 0.25) is 0 Å². The molecule has 94 valence electrons. The van der Waals surface area contributed by atoms with Crippen molar-refractivity contribution in [1.29, 1.82) is 0 Å². The van der Waals surface area contributed by atoms with Gasteiger partial charge in [-0.3, -0.25) is 4.79 Å². The number of ketones is 1. The van der Waals surface area contributed by atoms with Crippen LogP contribution in [-0.2, 0) is 9.53 Å². The SMILES string of the molecule is CC.C[C@]1(C(=O)CCC2CCCCC2)CO1. The first-order valence-electron chi connectivity index (χ1n) is 6.88. The molecule has 2 rings (SSSR count). The van der Waals surface area contributed by atoms with Gasteiger partial charge < -0.3 is 4.74 Å². The molecule has 0 aromatic heterocycles. The Balaban J connectivity index is 0.000000606. The van der Waals surface area contributed by atoms with Gasteiger partial charge in [0.2, 0.25) is 0 Å². The molecule has 0 radical (unpaired) electrons. The van der Waals surface area contributed by atoms with Crippen LogP contribution in [0.5, 0.6) is 0 Å². The van der Waals surface area contributed by atoms with Gasteiger partial charge in [0.05, 0.1) is 6.61 Å². The molecule has 0 spiro atoms. The highest BCUT2D eigenvalue weighted by molar-refractivity contribution is 5.89. The van der Waals surface area contributed by atoms with E-state index in [1.807, 2.05) is 20.8 Å². The van der Waals surface area contributed by atoms with Gasteiger partial charge in [-0.25, -0.2) is 0 Å². The van der Waals surface area contributed by atoms with Crippen molar-refractivity contribution in [3.05, 3.63) is 0 Å². The summed E-state index contributed by atoms with van der Waals surface area (Å²) in [4.78, 5) is 11.6. The third kappa shape index (κ3) is 3.89. The van der Waals surface area contributed by atoms with Crippen LogP contribution in [0.15, 0.2) is 0 Å². The van der Waals surface area contributed by atoms with Crippen LogP contribution in [0.3, 0.4) is 0 Å². The summed E-state index contributed by atoms with van der Waals surface area (Å²) in [5, 5.41) is 0. The standard InChI is InChI=1S/C12H20O2.C2H6/c1-12(9-14-12)11(13)8-7-10-5-3-2-4-6-10;1-2/h10H,2-9H2,1H3;1-2H3/t12-;/m1./s1. The minimum absolute atomic E-state index is 0.322. The zero-order valence-electron chi connectivity index (χ0n) is 11.1. The summed E-state index contributed by atoms with van der Waals surface area (Å²) >= 11 is 0. The van der Waals surface area contributed by atoms with Crippen molar-refractivity contribution in [2.24, 2.45) is 5.92 Å². The topological polar surface area (TPSA) is 29.6 Å². The van der Waals surface area contributed by atoms with E-state index in [4.69, 9.17) is 4.74 Å². The Labute approximate surface area is 99.8 Å². The van der Waals surface area contributed by atoms with E-state index in [0.717, 1.165) is 18.8 Å². The van der Waals surface area contributed by atoms with Crippen molar-refractivity contribution in [2.45, 2.75) is 71.3 Å². The van der Waals surface area contributed by atoms with Gasteiger partial charge in [-0.2, -0.15) is 0 Å². The summed E-state index contributed by atoms with van der Waals surface area (Å²) in [6, 6.07) is 0. The Morgan fingerprint density at radius 3 is 2.31 bits per heavy atom. The predicted octanol–water partition coefficient (Wildman–Crippen LogP) is 3.73. The van der Waals surface area contributed by atoms with Gasteiger partial charge in [0.25, 0.3) is 0 Å². The fourth-order valence-corrected chi connectivity index (χ4v) is 2.34. The predicted molar refractivity (Wildman–Crippen MR) is 66.5 cm³/mol. The summed E-state index contributed by atoms with van der Waals surface area (Å²) in [5.74, 6) is 1.14. The Morgan fingerprint density at radius 2 is 1.81 bits per heavy atom. The Hall–Kier alpha value is -0.370. The molecule has 2 nitrogen and oxygen atoms in total. The Morgan fingerprint density at radius 1 is 1.25 bits per heavy atom. The molecule has 0 unspecified atom stereocenters. The molecular formula is C14H26O2. The lowest BCUT2D eigenvalue weighted by Crippen LogP contribution is -2.21. The normalized spacial score (nSPS) is 29.2. The van der Waals surface area contributed by atoms with Crippen LogP contribution in [0, 0.1) is 5.92 Å². The molecule has 2 fully saturated rings. The largest absolute Gasteiger partial charge is 0.362 e. The lowest BCUT2D eigenvalue weighted by Gasteiger charge is -2.21. The van der Waals surface area contributed by atoms with E-state index in [1.54, 1.807) is 0 Å². The molecule has 1 atom stereocenters. The molecule has 1 aliphatic carbocycles. The second-order valence-corrected chi connectivity index (χ2v) is 4.99. The van der Waals surface area contributed by atoms with Gasteiger partial charge in [-0.05, 0) is 19.3 Å². The molecule has 0 amide bonds. The quantitative estimate of drug-likeness (QED) is 0.684. The summed E-state index contributed by atoms with van der Waals surface area (Å²) in [5.41, 5.74) is -0.380. The zero-order valence-corrected chi connectivity index (χ0v) is 11.1. The van der Waals surface area contributed by atoms with E-state index in [1.165, 1.54) is 32.1 Å². The summed E-state index contributed by atoms with van der Waals surface area (Å²) in [7, 11) is 0. The van der Waals surface area contributed by atoms with Crippen molar-refractivity contribution in [3.8, 4) is 0 Å². The molecule has 0 aromatic rings. The maximum absolute atomic E-state index is 11.6. The molecule has 2 heteroatoms. The van der Waals surface area contributed by atoms with Crippen molar-refractivity contribution in [2.75, 3.05) is 6.61 Å². The van der Waals surface area contributed by atoms with E-state index >= 15 is 0 Å². The molecule has 0 N–H and O–H groups in total. The van der Waals surface area contributed by atoms with Crippen LogP contribution >= 0.6 is 0 Å². The van der Waals surface area contributed by atoms with Crippen molar-refractivity contribution in [3.63, 3.8) is 0 Å². The van der Waals surface area contributed by atoms with Gasteiger partial charge in [0.1, 0.15) is 5.60 Å². The maximum atomic E-state index is 11.6. The highest BCUT2D eigenvalue weighted by Crippen LogP contribution is 2.32. The molecule has 2 aliphatic rings. The van der Waals surface area contributed by atoms with Crippen LogP contribution in [0.25, 0.3) is 0 Å². The maximum Gasteiger partial charge on any atom is 0.166 e. The number of epoxide rings is 1. The average Bonchev–Trinajstić information content (AvgIpc) is 3.09. The fraction of sp³-hybridized carbons (Fsp3) is 0.929. The number of carbonyl (C=O) groups excluding carboxylic acids is 1. The van der Waals surface area contributed by atoms with Crippen LogP contribution in [0.4, 0.5) is 0 Å². The van der Waals surface area contributed by atoms with Crippen LogP contribution < -0.4 is 0 Å². The average molecular weight is 226 g/mol. The molecule has 1 heterocycles. The summed E-state index contributed by atoms with van der Waals surface area (Å²) in [6.07, 6.45) is 8.64. The van der Waals surface area contributed by atoms with E-state index in [0.29, 0.717) is 12.4 Å². The number of hydrogen-bond donors (Lipinski definition) is 0. The van der Waals surface area contributed by atoms with E-state index in [2.05, 4.69) is 0 Å². The second kappa shape index (κ2) is 6.39. The van der Waals surface area contributed by atoms with Crippen molar-refractivity contribution < 1.29 is 9.53 Å². The van der Waals surface area contributed by atoms with Crippen LogP contribution in [0.1, 0.15) is 65.7 Å². The molecular weight excluding hydrogens is 200 g/mol. The molecule has 1 saturated carbocycles. The first kappa shape index (κ1) is 13.7. The van der Waals surface area contributed by atoms with Crippen LogP contribution in [-0.4, -0.2) is 18.0 Å². The molecule has 1 aliphatic heterocycles. The highest BCUT2D eigenvalue weighted by Gasteiger charge is 2.46. The van der Waals surface area contributed by atoms with Gasteiger partial charge >= 0.3 is 0 Å². The zero-order chi connectivity index (χ0) is 12.0. The Kier molecular flexibility index (Phi) is 5.47. The smallest absolute Gasteiger partial charge is 0.166 e. The monoisotopic (exact) mass is 226 g/mol. The van der Waals surface area contributed by atoms with E-state index < -0.39 is 0 Å². The van der Waals surface area contributed by atoms with Gasteiger partial charge in [0.15, 0.2) is 5.78 Å². The third-order valence-corrected chi connectivity index (χ3v) is 3.67. The molecule has 16 heavy (non-hydrogen) atoms. The van der Waals surface area contributed by atoms with Gasteiger partial charge in [-0.15, -0.1) is 0 Å². The molecule has 1 saturated heterocycles. The first-order valence-corrected chi connectivity index (χ1v) is 6.88. The second-order valence-electron chi connectivity index (χ2n) is 4.99.